The molecule has 0 spiro atoms. The Morgan fingerprint density at radius 2 is 2.29 bits per heavy atom. The number of oxazole rings is 1. The second-order valence-corrected chi connectivity index (χ2v) is 5.76. The van der Waals surface area contributed by atoms with Gasteiger partial charge in [0.2, 0.25) is 11.8 Å². The lowest BCUT2D eigenvalue weighted by molar-refractivity contribution is -0.124. The van der Waals surface area contributed by atoms with Gasteiger partial charge in [-0.15, -0.1) is 0 Å². The minimum Gasteiger partial charge on any atom is -0.439 e. The van der Waals surface area contributed by atoms with E-state index in [1.165, 1.54) is 0 Å². The molecule has 2 heterocycles. The van der Waals surface area contributed by atoms with Crippen LogP contribution < -0.4 is 11.5 Å². The number of nitrogens with two attached hydrogens (primary N) is 2. The summed E-state index contributed by atoms with van der Waals surface area (Å²) >= 11 is 0. The van der Waals surface area contributed by atoms with Crippen molar-refractivity contribution in [2.75, 3.05) is 12.3 Å². The van der Waals surface area contributed by atoms with Crippen molar-refractivity contribution in [3.8, 4) is 0 Å². The second kappa shape index (κ2) is 5.37. The average molecular weight is 288 g/mol. The first kappa shape index (κ1) is 13.9. The van der Waals surface area contributed by atoms with Gasteiger partial charge in [-0.25, -0.2) is 4.98 Å². The molecule has 6 heteroatoms. The molecule has 1 saturated heterocycles. The topological polar surface area (TPSA) is 98.4 Å². The number of carbonyl (C=O) groups excluding carboxylic acids is 1. The third-order valence-corrected chi connectivity index (χ3v) is 4.25. The number of hydrogen-bond acceptors (Lipinski definition) is 5. The van der Waals surface area contributed by atoms with E-state index in [9.17, 15) is 4.79 Å². The first-order valence-electron chi connectivity index (χ1n) is 7.22. The molecule has 0 aliphatic carbocycles. The normalized spacial score (nSPS) is 23.5. The zero-order chi connectivity index (χ0) is 15.0. The van der Waals surface area contributed by atoms with Crippen LogP contribution in [0.4, 0.5) is 5.69 Å². The first-order chi connectivity index (χ1) is 10.0. The highest BCUT2D eigenvalue weighted by atomic mass is 16.3. The van der Waals surface area contributed by atoms with Gasteiger partial charge in [0.1, 0.15) is 5.52 Å². The molecule has 4 N–H and O–H groups in total. The number of primary amides is 1. The smallest absolute Gasteiger partial charge is 0.221 e. The highest BCUT2D eigenvalue weighted by Crippen LogP contribution is 2.26. The Kier molecular flexibility index (Phi) is 3.55. The summed E-state index contributed by atoms with van der Waals surface area (Å²) in [6, 6.07) is 5.89. The van der Waals surface area contributed by atoms with Crippen LogP contribution in [0.25, 0.3) is 11.1 Å². The van der Waals surface area contributed by atoms with Crippen LogP contribution in [0.3, 0.4) is 0 Å². The van der Waals surface area contributed by atoms with Gasteiger partial charge in [-0.2, -0.15) is 0 Å². The lowest BCUT2D eigenvalue weighted by atomic mass is 9.93. The number of aromatic nitrogens is 1. The van der Waals surface area contributed by atoms with Crippen LogP contribution in [0.2, 0.25) is 0 Å². The number of likely N-dealkylation sites (tertiary alicyclic amines) is 1. The highest BCUT2D eigenvalue weighted by molar-refractivity contribution is 5.85. The van der Waals surface area contributed by atoms with Crippen molar-refractivity contribution >= 4 is 22.7 Å². The van der Waals surface area contributed by atoms with E-state index >= 15 is 0 Å². The molecule has 0 saturated carbocycles. The van der Waals surface area contributed by atoms with Gasteiger partial charge in [-0.3, -0.25) is 9.69 Å². The van der Waals surface area contributed by atoms with E-state index < -0.39 is 0 Å². The maximum absolute atomic E-state index is 11.4. The summed E-state index contributed by atoms with van der Waals surface area (Å²) in [7, 11) is 0. The highest BCUT2D eigenvalue weighted by Gasteiger charge is 2.29. The number of carbonyl (C=O) groups is 1. The number of rotatable bonds is 3. The van der Waals surface area contributed by atoms with Crippen molar-refractivity contribution < 1.29 is 9.21 Å². The standard InChI is InChI=1S/C15H20N4O2/c1-9-5-6-10(15(17)20)7-19(9)8-13-18-14-11(16)3-2-4-12(14)21-13/h2-4,9-10H,5-8,16H2,1H3,(H2,17,20). The van der Waals surface area contributed by atoms with Gasteiger partial charge in [0.05, 0.1) is 18.2 Å². The summed E-state index contributed by atoms with van der Waals surface area (Å²) in [6.07, 6.45) is 1.81. The summed E-state index contributed by atoms with van der Waals surface area (Å²) in [6.45, 7) is 3.37. The molecule has 0 bridgehead atoms. The molecule has 112 valence electrons. The SMILES string of the molecule is CC1CCC(C(N)=O)CN1Cc1nc2c(N)cccc2o1. The van der Waals surface area contributed by atoms with Gasteiger partial charge in [0.25, 0.3) is 0 Å². The molecule has 1 aromatic carbocycles. The Morgan fingerprint density at radius 3 is 3.00 bits per heavy atom. The number of nitrogens with zero attached hydrogens (tertiary/aromatic N) is 2. The number of piperidine rings is 1. The molecular formula is C15H20N4O2. The van der Waals surface area contributed by atoms with Gasteiger partial charge in [0.15, 0.2) is 5.58 Å². The van der Waals surface area contributed by atoms with Gasteiger partial charge >= 0.3 is 0 Å². The lowest BCUT2D eigenvalue weighted by Crippen LogP contribution is -2.45. The van der Waals surface area contributed by atoms with Crippen molar-refractivity contribution in [2.45, 2.75) is 32.4 Å². The molecule has 2 unspecified atom stereocenters. The fourth-order valence-electron chi connectivity index (χ4n) is 2.89. The van der Waals surface area contributed by atoms with E-state index in [4.69, 9.17) is 15.9 Å². The number of para-hydroxylation sites is 1. The molecule has 3 rings (SSSR count). The molecule has 0 radical (unpaired) electrons. The molecule has 1 aliphatic heterocycles. The Bertz CT molecular complexity index is 667. The molecule has 2 atom stereocenters. The van der Waals surface area contributed by atoms with E-state index in [2.05, 4.69) is 16.8 Å². The largest absolute Gasteiger partial charge is 0.439 e. The van der Waals surface area contributed by atoms with E-state index in [-0.39, 0.29) is 11.8 Å². The molecule has 2 aromatic rings. The Morgan fingerprint density at radius 1 is 1.48 bits per heavy atom. The van der Waals surface area contributed by atoms with Crippen LogP contribution >= 0.6 is 0 Å². The molecule has 1 amide bonds. The van der Waals surface area contributed by atoms with Crippen LogP contribution in [-0.4, -0.2) is 28.4 Å². The number of benzene rings is 1. The first-order valence-corrected chi connectivity index (χ1v) is 7.22. The van der Waals surface area contributed by atoms with E-state index in [0.29, 0.717) is 41.8 Å². The van der Waals surface area contributed by atoms with Crippen molar-refractivity contribution in [3.63, 3.8) is 0 Å². The summed E-state index contributed by atoms with van der Waals surface area (Å²) in [4.78, 5) is 18.0. The van der Waals surface area contributed by atoms with Crippen LogP contribution in [0, 0.1) is 5.92 Å². The third-order valence-electron chi connectivity index (χ3n) is 4.25. The van der Waals surface area contributed by atoms with E-state index in [1.807, 2.05) is 12.1 Å². The van der Waals surface area contributed by atoms with Crippen LogP contribution in [0.5, 0.6) is 0 Å². The van der Waals surface area contributed by atoms with Crippen LogP contribution in [0.15, 0.2) is 22.6 Å². The number of hydrogen-bond donors (Lipinski definition) is 2. The summed E-state index contributed by atoms with van der Waals surface area (Å²) in [5, 5.41) is 0. The fourth-order valence-corrected chi connectivity index (χ4v) is 2.89. The number of amides is 1. The van der Waals surface area contributed by atoms with E-state index in [0.717, 1.165) is 12.8 Å². The van der Waals surface area contributed by atoms with Gasteiger partial charge < -0.3 is 15.9 Å². The van der Waals surface area contributed by atoms with E-state index in [1.54, 1.807) is 6.07 Å². The fraction of sp³-hybridized carbons (Fsp3) is 0.467. The predicted molar refractivity (Wildman–Crippen MR) is 80.2 cm³/mol. The number of fused-ring (bicyclic) bond motifs is 1. The summed E-state index contributed by atoms with van der Waals surface area (Å²) < 4.78 is 5.75. The Labute approximate surface area is 123 Å². The Hall–Kier alpha value is -2.08. The van der Waals surface area contributed by atoms with Crippen molar-refractivity contribution in [2.24, 2.45) is 11.7 Å². The predicted octanol–water partition coefficient (Wildman–Crippen LogP) is 1.50. The third kappa shape index (κ3) is 2.71. The van der Waals surface area contributed by atoms with Crippen molar-refractivity contribution in [1.82, 2.24) is 9.88 Å². The van der Waals surface area contributed by atoms with Crippen LogP contribution in [0.1, 0.15) is 25.7 Å². The van der Waals surface area contributed by atoms with Gasteiger partial charge in [-0.1, -0.05) is 6.07 Å². The van der Waals surface area contributed by atoms with Crippen molar-refractivity contribution in [1.29, 1.82) is 0 Å². The van der Waals surface area contributed by atoms with Gasteiger partial charge in [-0.05, 0) is 31.9 Å². The zero-order valence-electron chi connectivity index (χ0n) is 12.1. The average Bonchev–Trinajstić information content (AvgIpc) is 2.85. The summed E-state index contributed by atoms with van der Waals surface area (Å²) in [5.74, 6) is 0.309. The molecule has 6 nitrogen and oxygen atoms in total. The zero-order valence-corrected chi connectivity index (χ0v) is 12.1. The maximum atomic E-state index is 11.4. The number of anilines is 1. The molecule has 21 heavy (non-hydrogen) atoms. The minimum absolute atomic E-state index is 0.0874. The maximum Gasteiger partial charge on any atom is 0.221 e. The number of nitrogen functional groups attached to an aromatic ring is 1. The Balaban J connectivity index is 1.80. The van der Waals surface area contributed by atoms with Gasteiger partial charge in [0, 0.05) is 12.6 Å². The lowest BCUT2D eigenvalue weighted by Gasteiger charge is -2.35. The molecule has 1 aromatic heterocycles. The quantitative estimate of drug-likeness (QED) is 0.834. The molecule has 1 fully saturated rings. The second-order valence-electron chi connectivity index (χ2n) is 5.76. The monoisotopic (exact) mass is 288 g/mol. The minimum atomic E-state index is -0.228. The summed E-state index contributed by atoms with van der Waals surface area (Å²) in [5.41, 5.74) is 13.3. The molecule has 1 aliphatic rings. The van der Waals surface area contributed by atoms with Crippen LogP contribution in [-0.2, 0) is 11.3 Å². The molecular weight excluding hydrogens is 268 g/mol. The van der Waals surface area contributed by atoms with Crippen molar-refractivity contribution in [3.05, 3.63) is 24.1 Å².